The molecule has 0 saturated heterocycles. The Kier molecular flexibility index (Phi) is 21.1. The number of benzene rings is 4. The zero-order chi connectivity index (χ0) is 74.4. The first-order valence-electron chi connectivity index (χ1n) is 26.6. The summed E-state index contributed by atoms with van der Waals surface area (Å²) in [7, 11) is -32.5. The largest absolute Gasteiger partial charge is 0.494 e. The van der Waals surface area contributed by atoms with Gasteiger partial charge in [0.1, 0.15) is 51.9 Å². The number of aromatic hydroxyl groups is 2. The van der Waals surface area contributed by atoms with E-state index in [2.05, 4.69) is 71.6 Å². The number of halogens is 2. The van der Waals surface area contributed by atoms with Crippen LogP contribution in [0.15, 0.2) is 120 Å². The van der Waals surface area contributed by atoms with Crippen LogP contribution in [0.3, 0.4) is 0 Å². The second kappa shape index (κ2) is 28.0. The second-order valence-corrected chi connectivity index (χ2v) is 28.9. The highest BCUT2D eigenvalue weighted by atomic mass is 35.5. The molecule has 4 aromatic carbocycles. The molecule has 0 spiro atoms. The lowest BCUT2D eigenvalue weighted by Crippen LogP contribution is -2.22. The van der Waals surface area contributed by atoms with Crippen LogP contribution in [0.2, 0.25) is 10.6 Å². The summed E-state index contributed by atoms with van der Waals surface area (Å²) in [6.07, 6.45) is 1.92. The quantitative estimate of drug-likeness (QED) is 0.00953. The minimum Gasteiger partial charge on any atom is -0.494 e. The maximum absolute atomic E-state index is 13.3. The van der Waals surface area contributed by atoms with Crippen molar-refractivity contribution in [2.75, 3.05) is 21.3 Å². The summed E-state index contributed by atoms with van der Waals surface area (Å²) in [6, 6.07) is 7.45. The van der Waals surface area contributed by atoms with Crippen molar-refractivity contribution in [1.29, 1.82) is 10.8 Å². The monoisotopic (exact) mass is 1540 g/mol. The Morgan fingerprint density at radius 1 is 0.460 bits per heavy atom. The molecule has 4 aromatic heterocycles. The molecular weight excluding hydrogens is 1500 g/mol. The molecule has 0 unspecified atom stereocenters. The Balaban J connectivity index is 1.09. The zero-order valence-electron chi connectivity index (χ0n) is 50.1. The highest BCUT2D eigenvalue weighted by Crippen LogP contribution is 2.40. The van der Waals surface area contributed by atoms with E-state index < -0.39 is 204 Å². The molecule has 8 aromatic rings. The fourth-order valence-corrected chi connectivity index (χ4v) is 13.5. The lowest BCUT2D eigenvalue weighted by molar-refractivity contribution is 0.405. The van der Waals surface area contributed by atoms with Crippen LogP contribution in [0, 0.1) is 24.7 Å². The highest BCUT2D eigenvalue weighted by molar-refractivity contribution is 7.87. The average molecular weight is 1540 g/mol. The van der Waals surface area contributed by atoms with Gasteiger partial charge in [-0.15, -0.1) is 20.5 Å². The lowest BCUT2D eigenvalue weighted by atomic mass is 10.1. The van der Waals surface area contributed by atoms with Crippen molar-refractivity contribution >= 4 is 177 Å². The van der Waals surface area contributed by atoms with Crippen LogP contribution < -0.4 is 32.4 Å². The summed E-state index contributed by atoms with van der Waals surface area (Å²) < 4.78 is 215. The van der Waals surface area contributed by atoms with Crippen molar-refractivity contribution in [3.63, 3.8) is 0 Å². The van der Waals surface area contributed by atoms with E-state index in [1.165, 1.54) is 13.8 Å². The number of nitrogens with zero attached hydrogens (tertiary/aromatic N) is 12. The van der Waals surface area contributed by atoms with Gasteiger partial charge in [0.15, 0.2) is 11.4 Å². The summed E-state index contributed by atoms with van der Waals surface area (Å²) in [5, 5.41) is 79.4. The number of rotatable bonds is 24. The van der Waals surface area contributed by atoms with E-state index in [1.807, 2.05) is 0 Å². The molecule has 42 nitrogen and oxygen atoms in total. The number of anilines is 8. The molecule has 0 radical (unpaired) electrons. The fraction of sp³-hybridized carbons (Fsp3) is 0.120. The number of aromatic nitrogens is 8. The standard InChI is InChI=1S/C50H44Cl2N18O24S6/c1-5-69-41(73)35(39(53)71)19(3)37(43(69)75)67-65-27-15-25(31(97(83,84)85)17-33(27)99(89,90)91)57-49-61-45(51)59-47(63-49)55-23-11-9-21(29(13-23)95(77,78)79)7-8-22-10-12-24(14-30(22)96(80,81)82)56-48-60-46(52)62-50(64-48)58-26-16-28(34(100(92,93)94)18-32(26)98(86,87)88)66-68-38-20(4)36(40(54)72)42(74)70(6-2)44(38)76/h7-18,73-74H,5-6H2,1-4H3,(H2,53,71)(H2,54,72)(H,77,78,79)(H,80,81,82)(H,83,84,85)(H,86,87,88)(H,89,90,91)(H,92,93,94)(H2,55,57,59,61,63)(H2,56,58,60,62,64)/b8-7+,67-65?,68-66?. The third-order valence-electron chi connectivity index (χ3n) is 13.4. The van der Waals surface area contributed by atoms with Crippen LogP contribution in [-0.2, 0) is 73.8 Å². The molecule has 4 heterocycles. The van der Waals surface area contributed by atoms with Gasteiger partial charge in [0, 0.05) is 35.6 Å². The van der Waals surface area contributed by atoms with Crippen LogP contribution in [-0.4, -0.2) is 149 Å². The number of nitrogens with one attached hydrogen (secondary N) is 6. The van der Waals surface area contributed by atoms with Crippen molar-refractivity contribution in [2.45, 2.75) is 70.2 Å². The van der Waals surface area contributed by atoms with E-state index in [1.54, 1.807) is 0 Å². The van der Waals surface area contributed by atoms with Gasteiger partial charge in [-0.05, 0) is 111 Å². The van der Waals surface area contributed by atoms with Crippen LogP contribution in [0.5, 0.6) is 11.8 Å². The minimum atomic E-state index is -5.49. The lowest BCUT2D eigenvalue weighted by Gasteiger charge is -2.14. The van der Waals surface area contributed by atoms with Gasteiger partial charge in [0.25, 0.3) is 71.8 Å². The van der Waals surface area contributed by atoms with Crippen molar-refractivity contribution in [3.8, 4) is 11.8 Å². The first-order chi connectivity index (χ1) is 46.2. The maximum atomic E-state index is 13.3. The molecule has 0 saturated carbocycles. The van der Waals surface area contributed by atoms with Crippen LogP contribution in [0.1, 0.15) is 47.2 Å². The zero-order valence-corrected chi connectivity index (χ0v) is 56.5. The molecule has 528 valence electrons. The molecule has 50 heteroatoms. The Morgan fingerprint density at radius 3 is 1.04 bits per heavy atom. The van der Waals surface area contributed by atoms with Crippen LogP contribution in [0.25, 0.3) is 12.2 Å². The van der Waals surface area contributed by atoms with E-state index in [9.17, 15) is 108 Å². The SMILES string of the molecule is CCn1c(O)c(C(=N)O)c(C)c(N=Nc2cc(Nc3nc(Cl)nc(Nc4ccc(/C=C/c5ccc(Nc6nc(Cl)nc(Nc7cc(N=Nc8c(C)c(C(=N)O)c(O)n(CC)c8=O)c(S(=O)(=O)O)cc7S(=O)(=O)O)n6)cc5S(=O)(=O)O)c(S(=O)(=O)O)c4)n3)c(S(=O)(=O)O)cc2S(=O)(=O)O)c1=O. The molecule has 100 heavy (non-hydrogen) atoms. The average Bonchev–Trinajstić information content (AvgIpc) is 0.776. The molecule has 16 N–H and O–H groups in total. The number of azo groups is 2. The van der Waals surface area contributed by atoms with Gasteiger partial charge in [0.2, 0.25) is 57.9 Å². The first-order valence-corrected chi connectivity index (χ1v) is 36.0. The molecule has 0 fully saturated rings. The first kappa shape index (κ1) is 75.3. The molecule has 8 rings (SSSR count). The van der Waals surface area contributed by atoms with Crippen molar-refractivity contribution < 1.29 is 98.2 Å². The predicted molar refractivity (Wildman–Crippen MR) is 349 cm³/mol. The van der Waals surface area contributed by atoms with Crippen molar-refractivity contribution in [3.05, 3.63) is 125 Å². The highest BCUT2D eigenvalue weighted by Gasteiger charge is 2.30. The maximum Gasteiger partial charge on any atom is 0.296 e. The van der Waals surface area contributed by atoms with E-state index >= 15 is 0 Å². The molecule has 0 aliphatic carbocycles. The molecule has 0 aliphatic rings. The number of aliphatic hydroxyl groups is 2. The summed E-state index contributed by atoms with van der Waals surface area (Å²) >= 11 is 12.3. The number of hydrogen-bond acceptors (Lipinski definition) is 32. The molecule has 0 atom stereocenters. The van der Waals surface area contributed by atoms with Gasteiger partial charge < -0.3 is 41.7 Å². The van der Waals surface area contributed by atoms with Gasteiger partial charge >= 0.3 is 0 Å². The van der Waals surface area contributed by atoms with Gasteiger partial charge in [-0.25, -0.2) is 0 Å². The number of hydrogen-bond donors (Lipinski definition) is 16. The topological polar surface area (TPSA) is 674 Å². The normalized spacial score (nSPS) is 12.6. The summed E-state index contributed by atoms with van der Waals surface area (Å²) in [6.45, 7) is 4.50. The Labute approximate surface area is 570 Å². The third-order valence-corrected chi connectivity index (χ3v) is 19.1. The molecular formula is C50H44Cl2N18O24S6. The van der Waals surface area contributed by atoms with Crippen molar-refractivity contribution in [1.82, 2.24) is 39.0 Å². The van der Waals surface area contributed by atoms with Gasteiger partial charge in [-0.2, -0.15) is 80.4 Å². The van der Waals surface area contributed by atoms with Gasteiger partial charge in [-0.3, -0.25) is 56.9 Å². The Hall–Kier alpha value is -10.5. The van der Waals surface area contributed by atoms with E-state index in [0.717, 1.165) is 62.4 Å². The Bertz CT molecular complexity index is 5450. The van der Waals surface area contributed by atoms with Gasteiger partial charge in [0.05, 0.1) is 11.4 Å². The van der Waals surface area contributed by atoms with Crippen molar-refractivity contribution in [2.24, 2.45) is 20.5 Å². The minimum absolute atomic E-state index is 0.209. The molecule has 0 aliphatic heterocycles. The molecule has 0 amide bonds. The summed E-state index contributed by atoms with van der Waals surface area (Å²) in [4.78, 5) is 42.8. The summed E-state index contributed by atoms with van der Waals surface area (Å²) in [5.74, 6) is -6.80. The van der Waals surface area contributed by atoms with E-state index in [-0.39, 0.29) is 58.9 Å². The molecule has 0 bridgehead atoms. The van der Waals surface area contributed by atoms with E-state index in [4.69, 9.17) is 34.0 Å². The van der Waals surface area contributed by atoms with E-state index in [0.29, 0.717) is 21.3 Å². The van der Waals surface area contributed by atoms with Crippen LogP contribution in [0.4, 0.5) is 69.3 Å². The fourth-order valence-electron chi connectivity index (χ4n) is 9.05. The Morgan fingerprint density at radius 2 is 0.760 bits per heavy atom. The predicted octanol–water partition coefficient (Wildman–Crippen LogP) is 6.98. The number of aliphatic hydroxyl groups excluding tert-OH is 2. The smallest absolute Gasteiger partial charge is 0.296 e. The second-order valence-electron chi connectivity index (χ2n) is 19.9. The van der Waals surface area contributed by atoms with Crippen LogP contribution >= 0.6 is 23.2 Å². The number of pyridine rings is 2. The summed E-state index contributed by atoms with van der Waals surface area (Å²) in [5.41, 5.74) is -10.3. The third kappa shape index (κ3) is 16.6. The van der Waals surface area contributed by atoms with Gasteiger partial charge in [-0.1, -0.05) is 24.3 Å².